The Bertz CT molecular complexity index is 290. The molecule has 0 bridgehead atoms. The minimum absolute atomic E-state index is 0.00133. The van der Waals surface area contributed by atoms with Crippen molar-refractivity contribution in [1.82, 2.24) is 0 Å². The third kappa shape index (κ3) is 7.00. The van der Waals surface area contributed by atoms with Crippen LogP contribution < -0.4 is 0 Å². The molecule has 0 aromatic carbocycles. The lowest BCUT2D eigenvalue weighted by Gasteiger charge is -2.37. The van der Waals surface area contributed by atoms with Gasteiger partial charge in [-0.2, -0.15) is 0 Å². The second-order valence-electron chi connectivity index (χ2n) is 7.17. The zero-order valence-electron chi connectivity index (χ0n) is 15.0. The van der Waals surface area contributed by atoms with Gasteiger partial charge in [-0.05, 0) is 52.9 Å². The van der Waals surface area contributed by atoms with Crippen LogP contribution >= 0.6 is 0 Å². The fraction of sp³-hybridized carbons (Fsp3) is 0.900. The molecule has 1 heteroatoms. The maximum Gasteiger partial charge on any atom is 0.0691 e. The predicted octanol–water partition coefficient (Wildman–Crippen LogP) is 6.67. The van der Waals surface area contributed by atoms with Crippen LogP contribution in [0.15, 0.2) is 11.6 Å². The van der Waals surface area contributed by atoms with Gasteiger partial charge in [0.25, 0.3) is 0 Å². The second-order valence-corrected chi connectivity index (χ2v) is 7.17. The molecule has 0 heterocycles. The molecule has 124 valence electrons. The van der Waals surface area contributed by atoms with Crippen LogP contribution in [-0.2, 0) is 4.74 Å². The molecular formula is C20H38O. The molecule has 21 heavy (non-hydrogen) atoms. The van der Waals surface area contributed by atoms with E-state index >= 15 is 0 Å². The summed E-state index contributed by atoms with van der Waals surface area (Å²) in [6.07, 6.45) is 17.5. The minimum atomic E-state index is 0.00133. The topological polar surface area (TPSA) is 9.23 Å². The molecule has 1 aliphatic rings. The first kappa shape index (κ1) is 18.7. The molecule has 0 saturated heterocycles. The van der Waals surface area contributed by atoms with Gasteiger partial charge < -0.3 is 4.74 Å². The van der Waals surface area contributed by atoms with Crippen LogP contribution in [0.1, 0.15) is 98.3 Å². The number of unbranched alkanes of at least 4 members (excludes halogenated alkanes) is 5. The smallest absolute Gasteiger partial charge is 0.0691 e. The molecule has 0 N–H and O–H groups in total. The Morgan fingerprint density at radius 2 is 1.76 bits per heavy atom. The van der Waals surface area contributed by atoms with Crippen LogP contribution in [0.25, 0.3) is 0 Å². The van der Waals surface area contributed by atoms with Crippen molar-refractivity contribution in [1.29, 1.82) is 0 Å². The third-order valence-electron chi connectivity index (χ3n) is 4.98. The largest absolute Gasteiger partial charge is 0.375 e. The summed E-state index contributed by atoms with van der Waals surface area (Å²) in [5.41, 5.74) is 1.69. The molecule has 0 aliphatic heterocycles. The van der Waals surface area contributed by atoms with Crippen molar-refractivity contribution in [3.05, 3.63) is 11.6 Å². The van der Waals surface area contributed by atoms with Gasteiger partial charge in [-0.3, -0.25) is 0 Å². The highest BCUT2D eigenvalue weighted by Gasteiger charge is 2.32. The average molecular weight is 295 g/mol. The first-order chi connectivity index (χ1) is 10.1. The summed E-state index contributed by atoms with van der Waals surface area (Å²) in [5, 5.41) is 0. The Kier molecular flexibility index (Phi) is 9.31. The van der Waals surface area contributed by atoms with E-state index in [9.17, 15) is 0 Å². The number of hydrogen-bond acceptors (Lipinski definition) is 1. The molecule has 1 aliphatic carbocycles. The first-order valence-electron chi connectivity index (χ1n) is 9.44. The number of allylic oxidation sites excluding steroid dienone is 1. The van der Waals surface area contributed by atoms with E-state index in [4.69, 9.17) is 4.74 Å². The van der Waals surface area contributed by atoms with Crippen molar-refractivity contribution in [2.75, 3.05) is 6.61 Å². The maximum absolute atomic E-state index is 6.10. The molecule has 0 aromatic rings. The van der Waals surface area contributed by atoms with Crippen LogP contribution in [-0.4, -0.2) is 12.2 Å². The predicted molar refractivity (Wildman–Crippen MR) is 93.7 cm³/mol. The molecule has 1 nitrogen and oxygen atoms in total. The number of hydrogen-bond donors (Lipinski definition) is 0. The van der Waals surface area contributed by atoms with E-state index in [0.717, 1.165) is 6.61 Å². The highest BCUT2D eigenvalue weighted by atomic mass is 16.5. The van der Waals surface area contributed by atoms with E-state index in [1.807, 2.05) is 0 Å². The fourth-order valence-corrected chi connectivity index (χ4v) is 3.76. The zero-order chi connectivity index (χ0) is 15.6. The molecular weight excluding hydrogens is 256 g/mol. The standard InChI is InChI=1S/C20H38O/c1-5-7-8-9-10-14-17-19(20(3,4)21-6-2)18-15-12-11-13-16-18/h15,19H,5-14,16-17H2,1-4H3. The Labute approximate surface area is 133 Å². The Balaban J connectivity index is 2.50. The summed E-state index contributed by atoms with van der Waals surface area (Å²) in [7, 11) is 0. The number of rotatable bonds is 11. The van der Waals surface area contributed by atoms with Crippen molar-refractivity contribution in [3.63, 3.8) is 0 Å². The molecule has 1 rings (SSSR count). The lowest BCUT2D eigenvalue weighted by Crippen LogP contribution is -2.36. The van der Waals surface area contributed by atoms with Gasteiger partial charge in [0.05, 0.1) is 5.60 Å². The van der Waals surface area contributed by atoms with Crippen molar-refractivity contribution >= 4 is 0 Å². The summed E-state index contributed by atoms with van der Waals surface area (Å²) < 4.78 is 6.10. The maximum atomic E-state index is 6.10. The summed E-state index contributed by atoms with van der Waals surface area (Å²) in [4.78, 5) is 0. The quantitative estimate of drug-likeness (QED) is 0.305. The summed E-state index contributed by atoms with van der Waals surface area (Å²) >= 11 is 0. The summed E-state index contributed by atoms with van der Waals surface area (Å²) in [5.74, 6) is 0.629. The Morgan fingerprint density at radius 1 is 1.05 bits per heavy atom. The molecule has 0 amide bonds. The van der Waals surface area contributed by atoms with Crippen LogP contribution in [0, 0.1) is 5.92 Å². The SMILES string of the molecule is CCCCCCCCC(C1=CCCCC1)C(C)(C)OCC. The van der Waals surface area contributed by atoms with E-state index in [-0.39, 0.29) is 5.60 Å². The lowest BCUT2D eigenvalue weighted by atomic mass is 9.76. The molecule has 0 aromatic heterocycles. The van der Waals surface area contributed by atoms with Gasteiger partial charge in [0.15, 0.2) is 0 Å². The zero-order valence-corrected chi connectivity index (χ0v) is 15.0. The van der Waals surface area contributed by atoms with Gasteiger partial charge in [-0.25, -0.2) is 0 Å². The second kappa shape index (κ2) is 10.4. The van der Waals surface area contributed by atoms with Gasteiger partial charge >= 0.3 is 0 Å². The monoisotopic (exact) mass is 294 g/mol. The Hall–Kier alpha value is -0.300. The summed E-state index contributed by atoms with van der Waals surface area (Å²) in [6, 6.07) is 0. The molecule has 1 unspecified atom stereocenters. The van der Waals surface area contributed by atoms with Gasteiger partial charge in [0, 0.05) is 12.5 Å². The van der Waals surface area contributed by atoms with Crippen molar-refractivity contribution < 1.29 is 4.74 Å². The van der Waals surface area contributed by atoms with Crippen molar-refractivity contribution in [3.8, 4) is 0 Å². The minimum Gasteiger partial charge on any atom is -0.375 e. The first-order valence-corrected chi connectivity index (χ1v) is 9.44. The van der Waals surface area contributed by atoms with Crippen LogP contribution in [0.5, 0.6) is 0 Å². The third-order valence-corrected chi connectivity index (χ3v) is 4.98. The number of ether oxygens (including phenoxy) is 1. The molecule has 1 atom stereocenters. The average Bonchev–Trinajstić information content (AvgIpc) is 2.47. The van der Waals surface area contributed by atoms with Gasteiger partial charge in [-0.1, -0.05) is 57.1 Å². The van der Waals surface area contributed by atoms with Crippen molar-refractivity contribution in [2.45, 2.75) is 104 Å². The van der Waals surface area contributed by atoms with Gasteiger partial charge in [0.2, 0.25) is 0 Å². The molecule has 0 radical (unpaired) electrons. The van der Waals surface area contributed by atoms with E-state index < -0.39 is 0 Å². The van der Waals surface area contributed by atoms with Gasteiger partial charge in [-0.15, -0.1) is 0 Å². The highest BCUT2D eigenvalue weighted by Crippen LogP contribution is 2.37. The van der Waals surface area contributed by atoms with E-state index in [1.165, 1.54) is 70.6 Å². The van der Waals surface area contributed by atoms with Crippen LogP contribution in [0.3, 0.4) is 0 Å². The van der Waals surface area contributed by atoms with E-state index in [1.54, 1.807) is 5.57 Å². The van der Waals surface area contributed by atoms with Crippen molar-refractivity contribution in [2.24, 2.45) is 5.92 Å². The van der Waals surface area contributed by atoms with E-state index in [2.05, 4.69) is 33.8 Å². The lowest BCUT2D eigenvalue weighted by molar-refractivity contribution is -0.0475. The fourth-order valence-electron chi connectivity index (χ4n) is 3.76. The highest BCUT2D eigenvalue weighted by molar-refractivity contribution is 5.13. The molecule has 0 saturated carbocycles. The van der Waals surface area contributed by atoms with Gasteiger partial charge in [0.1, 0.15) is 0 Å². The van der Waals surface area contributed by atoms with E-state index in [0.29, 0.717) is 5.92 Å². The molecule has 0 fully saturated rings. The molecule has 0 spiro atoms. The normalized spacial score (nSPS) is 17.6. The Morgan fingerprint density at radius 3 is 2.38 bits per heavy atom. The van der Waals surface area contributed by atoms with Crippen LogP contribution in [0.4, 0.5) is 0 Å². The summed E-state index contributed by atoms with van der Waals surface area (Å²) in [6.45, 7) is 9.84. The van der Waals surface area contributed by atoms with Crippen LogP contribution in [0.2, 0.25) is 0 Å².